The molecule has 9 aromatic rings. The van der Waals surface area contributed by atoms with Gasteiger partial charge in [0.05, 0.1) is 84.6 Å². The monoisotopic (exact) mass is 931 g/mol. The Labute approximate surface area is 394 Å². The molecule has 0 radical (unpaired) electrons. The van der Waals surface area contributed by atoms with Gasteiger partial charge in [0.1, 0.15) is 21.5 Å². The van der Waals surface area contributed by atoms with Gasteiger partial charge in [-0.15, -0.1) is 22.7 Å². The summed E-state index contributed by atoms with van der Waals surface area (Å²) in [5, 5.41) is 23.5. The number of carbonyl (C=O) groups is 6. The molecule has 0 fully saturated rings. The Morgan fingerprint density at radius 1 is 0.368 bits per heavy atom. The van der Waals surface area contributed by atoms with Crippen molar-refractivity contribution in [2.75, 3.05) is 0 Å². The molecule has 7 aromatic carbocycles. The van der Waals surface area contributed by atoms with E-state index in [4.69, 9.17) is 0 Å². The minimum absolute atomic E-state index is 0.0108. The summed E-state index contributed by atoms with van der Waals surface area (Å²) in [5.74, 6) is -2.48. The number of nitrogens with zero attached hydrogens (tertiary/aromatic N) is 5. The maximum atomic E-state index is 13.1. The molecule has 68 heavy (non-hydrogen) atoms. The third kappa shape index (κ3) is 7.08. The maximum absolute atomic E-state index is 13.1. The van der Waals surface area contributed by atoms with Crippen molar-refractivity contribution in [1.29, 1.82) is 0 Å². The first kappa shape index (κ1) is 42.0. The number of benzene rings is 7. The first-order valence-electron chi connectivity index (χ1n) is 21.3. The highest BCUT2D eigenvalue weighted by Crippen LogP contribution is 2.41. The van der Waals surface area contributed by atoms with Crippen LogP contribution in [0.3, 0.4) is 0 Å². The van der Waals surface area contributed by atoms with Crippen LogP contribution in [0.4, 0.5) is 0 Å². The van der Waals surface area contributed by atoms with E-state index in [0.29, 0.717) is 71.2 Å². The van der Waals surface area contributed by atoms with Gasteiger partial charge in [-0.05, 0) is 84.4 Å². The number of imide groups is 3. The van der Waals surface area contributed by atoms with Crippen molar-refractivity contribution >= 4 is 78.5 Å². The molecule has 6 amide bonds. The van der Waals surface area contributed by atoms with Crippen LogP contribution in [0, 0.1) is 0 Å². The zero-order chi connectivity index (χ0) is 46.8. The summed E-state index contributed by atoms with van der Waals surface area (Å²) in [6.45, 7) is -0.234. The summed E-state index contributed by atoms with van der Waals surface area (Å²) in [6, 6.07) is 44.0. The lowest BCUT2D eigenvalue weighted by atomic mass is 10.0. The Morgan fingerprint density at radius 3 is 1.16 bits per heavy atom. The molecule has 13 nitrogen and oxygen atoms in total. The van der Waals surface area contributed by atoms with Crippen LogP contribution in [0.1, 0.15) is 78.8 Å². The Morgan fingerprint density at radius 2 is 0.721 bits per heavy atom. The molecule has 0 saturated carbocycles. The molecule has 0 bridgehead atoms. The normalized spacial score (nSPS) is 14.0. The fourth-order valence-electron chi connectivity index (χ4n) is 8.67. The second-order valence-corrected chi connectivity index (χ2v) is 18.2. The molecule has 0 atom stereocenters. The van der Waals surface area contributed by atoms with Crippen LogP contribution in [0.2, 0.25) is 0 Å². The first-order valence-corrected chi connectivity index (χ1v) is 22.9. The van der Waals surface area contributed by atoms with Crippen molar-refractivity contribution in [3.63, 3.8) is 0 Å². The SMILES string of the molecule is O=C1c2ccccc2C(=O)N1Cc1cc(CN2C(=O)c3ccccc3C2=O)c(O)c(-c2nc3ccccc3s2)c1.O=C1c2ccccc2C(=O)N1Cc1cccc(-c2nc3ccccc3s2)c1O. The summed E-state index contributed by atoms with van der Waals surface area (Å²) < 4.78 is 1.95. The summed E-state index contributed by atoms with van der Waals surface area (Å²) in [7, 11) is 0. The third-order valence-corrected chi connectivity index (χ3v) is 14.2. The standard InChI is InChI=1S/C31H19N3O5S.C22H14N2O3S/c35-26-18(16-34-30(38)21-9-3-4-10-22(21)31(34)39)13-17(14-23(26)27-32-24-11-5-6-12-25(24)40-27)15-33-28(36)19-7-1-2-8-20(19)29(33)37;25-19-13(12-24-21(26)14-7-1-2-8-15(14)22(24)27)6-5-9-16(19)20-23-17-10-3-4-11-18(17)28-20/h1-14,35H,15-16H2;1-11,25H,12H2. The highest BCUT2D eigenvalue weighted by molar-refractivity contribution is 7.22. The predicted octanol–water partition coefficient (Wildman–Crippen LogP) is 9.73. The summed E-state index contributed by atoms with van der Waals surface area (Å²) >= 11 is 2.87. The number of phenolic OH excluding ortho intramolecular Hbond substituents is 2. The van der Waals surface area contributed by atoms with Crippen molar-refractivity contribution in [1.82, 2.24) is 24.7 Å². The van der Waals surface area contributed by atoms with Gasteiger partial charge >= 0.3 is 0 Å². The van der Waals surface area contributed by atoms with Crippen LogP contribution >= 0.6 is 22.7 Å². The van der Waals surface area contributed by atoms with E-state index in [1.165, 1.54) is 27.6 Å². The van der Waals surface area contributed by atoms with Gasteiger partial charge in [-0.25, -0.2) is 9.97 Å². The second kappa shape index (κ2) is 16.6. The summed E-state index contributed by atoms with van der Waals surface area (Å²) in [6.07, 6.45) is 0. The van der Waals surface area contributed by atoms with Gasteiger partial charge in [-0.3, -0.25) is 43.5 Å². The quantitative estimate of drug-likeness (QED) is 0.139. The van der Waals surface area contributed by atoms with E-state index in [1.54, 1.807) is 103 Å². The largest absolute Gasteiger partial charge is 0.507 e. The molecular formula is C53H33N5O8S2. The Kier molecular flexibility index (Phi) is 10.3. The molecule has 0 unspecified atom stereocenters. The van der Waals surface area contributed by atoms with Gasteiger partial charge in [-0.1, -0.05) is 72.8 Å². The molecule has 3 aliphatic rings. The smallest absolute Gasteiger partial charge is 0.261 e. The fraction of sp³-hybridized carbons (Fsp3) is 0.0566. The topological polar surface area (TPSA) is 178 Å². The van der Waals surface area contributed by atoms with Gasteiger partial charge in [0.2, 0.25) is 0 Å². The number of aromatic nitrogens is 2. The van der Waals surface area contributed by atoms with Crippen molar-refractivity contribution < 1.29 is 39.0 Å². The lowest BCUT2D eigenvalue weighted by Gasteiger charge is -2.19. The lowest BCUT2D eigenvalue weighted by molar-refractivity contribution is 0.0625. The van der Waals surface area contributed by atoms with Crippen LogP contribution in [-0.4, -0.2) is 70.3 Å². The van der Waals surface area contributed by atoms with Crippen molar-refractivity contribution in [3.8, 4) is 32.6 Å². The number of carbonyl (C=O) groups excluding carboxylic acids is 6. The highest BCUT2D eigenvalue weighted by atomic mass is 32.1. The van der Waals surface area contributed by atoms with E-state index >= 15 is 0 Å². The van der Waals surface area contributed by atoms with Crippen molar-refractivity contribution in [3.05, 3.63) is 202 Å². The number of hydrogen-bond donors (Lipinski definition) is 2. The van der Waals surface area contributed by atoms with E-state index < -0.39 is 23.6 Å². The molecule has 15 heteroatoms. The van der Waals surface area contributed by atoms with Gasteiger partial charge in [0, 0.05) is 11.1 Å². The molecule has 5 heterocycles. The number of rotatable bonds is 8. The fourth-order valence-corrected chi connectivity index (χ4v) is 10.6. The molecule has 12 rings (SSSR count). The lowest BCUT2D eigenvalue weighted by Crippen LogP contribution is -2.30. The average Bonchev–Trinajstić information content (AvgIpc) is 4.16. The molecule has 2 N–H and O–H groups in total. The average molecular weight is 932 g/mol. The minimum Gasteiger partial charge on any atom is -0.507 e. The molecule has 330 valence electrons. The van der Waals surface area contributed by atoms with E-state index in [0.717, 1.165) is 30.2 Å². The van der Waals surface area contributed by atoms with Crippen LogP contribution < -0.4 is 0 Å². The number of amides is 6. The number of thiazole rings is 2. The molecular weight excluding hydrogens is 899 g/mol. The number of fused-ring (bicyclic) bond motifs is 5. The zero-order valence-corrected chi connectivity index (χ0v) is 37.1. The Bertz CT molecular complexity index is 3480. The Hall–Kier alpha value is -8.66. The molecule has 0 aliphatic carbocycles. The van der Waals surface area contributed by atoms with Crippen molar-refractivity contribution in [2.45, 2.75) is 19.6 Å². The number of hydrogen-bond acceptors (Lipinski definition) is 12. The predicted molar refractivity (Wildman–Crippen MR) is 255 cm³/mol. The number of phenols is 2. The maximum Gasteiger partial charge on any atom is 0.261 e. The van der Waals surface area contributed by atoms with E-state index in [1.807, 2.05) is 48.5 Å². The van der Waals surface area contributed by atoms with Crippen molar-refractivity contribution in [2.24, 2.45) is 0 Å². The summed E-state index contributed by atoms with van der Waals surface area (Å²) in [5.41, 5.74) is 6.05. The minimum atomic E-state index is -0.452. The van der Waals surface area contributed by atoms with E-state index in [-0.39, 0.29) is 42.9 Å². The first-order chi connectivity index (χ1) is 33.0. The van der Waals surface area contributed by atoms with Crippen LogP contribution in [0.25, 0.3) is 41.6 Å². The highest BCUT2D eigenvalue weighted by Gasteiger charge is 2.38. The van der Waals surface area contributed by atoms with Crippen LogP contribution in [-0.2, 0) is 19.6 Å². The molecule has 0 spiro atoms. The second-order valence-electron chi connectivity index (χ2n) is 16.2. The van der Waals surface area contributed by atoms with E-state index in [9.17, 15) is 39.0 Å². The van der Waals surface area contributed by atoms with Crippen LogP contribution in [0.15, 0.2) is 152 Å². The Balaban J connectivity index is 0.000000159. The summed E-state index contributed by atoms with van der Waals surface area (Å²) in [4.78, 5) is 90.2. The molecule has 3 aliphatic heterocycles. The van der Waals surface area contributed by atoms with Gasteiger partial charge in [0.15, 0.2) is 0 Å². The van der Waals surface area contributed by atoms with Gasteiger partial charge in [0.25, 0.3) is 35.4 Å². The molecule has 2 aromatic heterocycles. The zero-order valence-electron chi connectivity index (χ0n) is 35.5. The molecule has 0 saturated heterocycles. The number of aromatic hydroxyl groups is 2. The van der Waals surface area contributed by atoms with Crippen LogP contribution in [0.5, 0.6) is 11.5 Å². The third-order valence-electron chi connectivity index (χ3n) is 12.0. The van der Waals surface area contributed by atoms with Gasteiger partial charge in [-0.2, -0.15) is 0 Å². The number of para-hydroxylation sites is 3. The van der Waals surface area contributed by atoms with E-state index in [2.05, 4.69) is 9.97 Å². The van der Waals surface area contributed by atoms with Gasteiger partial charge < -0.3 is 10.2 Å².